The molecule has 1 fully saturated rings. The summed E-state index contributed by atoms with van der Waals surface area (Å²) in [5.41, 5.74) is 2.92. The van der Waals surface area contributed by atoms with Crippen LogP contribution in [0.1, 0.15) is 5.56 Å². The molecule has 0 radical (unpaired) electrons. The molecule has 2 N–H and O–H groups in total. The summed E-state index contributed by atoms with van der Waals surface area (Å²) in [6.45, 7) is 1.47. The Labute approximate surface area is 151 Å². The molecule has 0 spiro atoms. The highest BCUT2D eigenvalue weighted by Gasteiger charge is 2.36. The van der Waals surface area contributed by atoms with Crippen molar-refractivity contribution in [2.45, 2.75) is 31.3 Å². The van der Waals surface area contributed by atoms with Crippen molar-refractivity contribution in [3.05, 3.63) is 66.6 Å². The van der Waals surface area contributed by atoms with E-state index in [1.165, 1.54) is 0 Å². The van der Waals surface area contributed by atoms with E-state index in [-0.39, 0.29) is 12.1 Å². The standard InChI is InChI=1S/C19H21N5O2/c25-17-13-26-18(19(17)21-10-14-5-4-8-20-9-14)12-24-11-16(22-23-24)15-6-2-1-3-7-15/h1-9,11,17-19,21,25H,10,12-13H2/t17-,18+,19+/m0/s1. The van der Waals surface area contributed by atoms with Gasteiger partial charge in [-0.15, -0.1) is 5.10 Å². The molecule has 0 saturated carbocycles. The van der Waals surface area contributed by atoms with Gasteiger partial charge in [0, 0.05) is 24.5 Å². The number of nitrogens with zero attached hydrogens (tertiary/aromatic N) is 4. The molecule has 3 aromatic rings. The van der Waals surface area contributed by atoms with E-state index in [4.69, 9.17) is 4.74 Å². The van der Waals surface area contributed by atoms with Crippen molar-refractivity contribution < 1.29 is 9.84 Å². The molecule has 1 aliphatic heterocycles. The number of ether oxygens (including phenoxy) is 1. The minimum Gasteiger partial charge on any atom is -0.389 e. The monoisotopic (exact) mass is 351 g/mol. The van der Waals surface area contributed by atoms with E-state index in [1.807, 2.05) is 54.9 Å². The zero-order valence-electron chi connectivity index (χ0n) is 14.3. The van der Waals surface area contributed by atoms with Crippen LogP contribution in [0.4, 0.5) is 0 Å². The molecule has 3 atom stereocenters. The largest absolute Gasteiger partial charge is 0.389 e. The van der Waals surface area contributed by atoms with Gasteiger partial charge in [-0.2, -0.15) is 0 Å². The van der Waals surface area contributed by atoms with Gasteiger partial charge in [0.1, 0.15) is 5.69 Å². The van der Waals surface area contributed by atoms with Crippen molar-refractivity contribution in [3.8, 4) is 11.3 Å². The molecule has 0 unspecified atom stereocenters. The van der Waals surface area contributed by atoms with E-state index in [2.05, 4.69) is 20.6 Å². The maximum absolute atomic E-state index is 10.3. The van der Waals surface area contributed by atoms with Crippen LogP contribution < -0.4 is 5.32 Å². The Hall–Kier alpha value is -2.61. The highest BCUT2D eigenvalue weighted by molar-refractivity contribution is 5.57. The number of rotatable bonds is 6. The number of aliphatic hydroxyl groups is 1. The quantitative estimate of drug-likeness (QED) is 0.695. The van der Waals surface area contributed by atoms with Gasteiger partial charge in [-0.25, -0.2) is 4.68 Å². The maximum Gasteiger partial charge on any atom is 0.113 e. The maximum atomic E-state index is 10.3. The molecule has 0 aliphatic carbocycles. The summed E-state index contributed by atoms with van der Waals surface area (Å²) in [7, 11) is 0. The van der Waals surface area contributed by atoms with Gasteiger partial charge in [-0.05, 0) is 11.6 Å². The fourth-order valence-electron chi connectivity index (χ4n) is 3.16. The van der Waals surface area contributed by atoms with Gasteiger partial charge >= 0.3 is 0 Å². The van der Waals surface area contributed by atoms with Crippen molar-refractivity contribution in [2.24, 2.45) is 0 Å². The van der Waals surface area contributed by atoms with E-state index in [0.717, 1.165) is 16.8 Å². The zero-order valence-corrected chi connectivity index (χ0v) is 14.3. The highest BCUT2D eigenvalue weighted by atomic mass is 16.5. The van der Waals surface area contributed by atoms with E-state index in [9.17, 15) is 5.11 Å². The molecule has 7 heteroatoms. The number of hydrogen-bond acceptors (Lipinski definition) is 6. The minimum absolute atomic E-state index is 0.167. The Morgan fingerprint density at radius 3 is 2.88 bits per heavy atom. The lowest BCUT2D eigenvalue weighted by Gasteiger charge is -2.21. The van der Waals surface area contributed by atoms with Crippen molar-refractivity contribution in [2.75, 3.05) is 6.61 Å². The molecule has 0 bridgehead atoms. The van der Waals surface area contributed by atoms with Crippen LogP contribution in [0.5, 0.6) is 0 Å². The number of pyridine rings is 1. The van der Waals surface area contributed by atoms with Crippen LogP contribution in [0.3, 0.4) is 0 Å². The van der Waals surface area contributed by atoms with Crippen molar-refractivity contribution >= 4 is 0 Å². The average molecular weight is 351 g/mol. The number of nitrogens with one attached hydrogen (secondary N) is 1. The second-order valence-electron chi connectivity index (χ2n) is 6.40. The molecular weight excluding hydrogens is 330 g/mol. The third-order valence-corrected chi connectivity index (χ3v) is 4.54. The first-order chi connectivity index (χ1) is 12.8. The molecule has 7 nitrogen and oxygen atoms in total. The summed E-state index contributed by atoms with van der Waals surface area (Å²) in [6, 6.07) is 13.7. The van der Waals surface area contributed by atoms with Gasteiger partial charge < -0.3 is 15.2 Å². The SMILES string of the molecule is O[C@H]1CO[C@H](Cn2cc(-c3ccccc3)nn2)[C@@H]1NCc1cccnc1. The predicted octanol–water partition coefficient (Wildman–Crippen LogP) is 1.26. The molecule has 4 rings (SSSR count). The second-order valence-corrected chi connectivity index (χ2v) is 6.40. The van der Waals surface area contributed by atoms with Crippen LogP contribution in [-0.2, 0) is 17.8 Å². The third-order valence-electron chi connectivity index (χ3n) is 4.54. The number of hydrogen-bond donors (Lipinski definition) is 2. The average Bonchev–Trinajstić information content (AvgIpc) is 3.29. The molecule has 1 aliphatic rings. The lowest BCUT2D eigenvalue weighted by Crippen LogP contribution is -2.45. The predicted molar refractivity (Wildman–Crippen MR) is 96.1 cm³/mol. The van der Waals surface area contributed by atoms with Crippen LogP contribution >= 0.6 is 0 Å². The molecule has 0 amide bonds. The van der Waals surface area contributed by atoms with E-state index in [0.29, 0.717) is 19.7 Å². The molecule has 3 heterocycles. The Kier molecular flexibility index (Phi) is 5.01. The Morgan fingerprint density at radius 1 is 1.19 bits per heavy atom. The topological polar surface area (TPSA) is 85.1 Å². The molecule has 1 saturated heterocycles. The van der Waals surface area contributed by atoms with Gasteiger partial charge in [0.25, 0.3) is 0 Å². The van der Waals surface area contributed by atoms with Crippen LogP contribution in [0, 0.1) is 0 Å². The summed E-state index contributed by atoms with van der Waals surface area (Å²) in [4.78, 5) is 4.11. The summed E-state index contributed by atoms with van der Waals surface area (Å²) < 4.78 is 7.54. The summed E-state index contributed by atoms with van der Waals surface area (Å²) >= 11 is 0. The summed E-state index contributed by atoms with van der Waals surface area (Å²) in [5.74, 6) is 0. The molecule has 2 aromatic heterocycles. The summed E-state index contributed by atoms with van der Waals surface area (Å²) in [6.07, 6.45) is 4.74. The van der Waals surface area contributed by atoms with Crippen molar-refractivity contribution in [3.63, 3.8) is 0 Å². The van der Waals surface area contributed by atoms with Crippen molar-refractivity contribution in [1.29, 1.82) is 0 Å². The van der Waals surface area contributed by atoms with Crippen LogP contribution in [0.25, 0.3) is 11.3 Å². The first kappa shape index (κ1) is 16.8. The number of aromatic nitrogens is 4. The van der Waals surface area contributed by atoms with Gasteiger partial charge in [-0.3, -0.25) is 4.98 Å². The van der Waals surface area contributed by atoms with Gasteiger partial charge in [0.15, 0.2) is 0 Å². The molecule has 1 aromatic carbocycles. The fraction of sp³-hybridized carbons (Fsp3) is 0.316. The molecule has 26 heavy (non-hydrogen) atoms. The fourth-order valence-corrected chi connectivity index (χ4v) is 3.16. The second kappa shape index (κ2) is 7.74. The molecular formula is C19H21N5O2. The lowest BCUT2D eigenvalue weighted by molar-refractivity contribution is 0.0741. The third kappa shape index (κ3) is 3.80. The normalized spacial score (nSPS) is 22.6. The number of aliphatic hydroxyl groups excluding tert-OH is 1. The first-order valence-electron chi connectivity index (χ1n) is 8.67. The Morgan fingerprint density at radius 2 is 2.08 bits per heavy atom. The highest BCUT2D eigenvalue weighted by Crippen LogP contribution is 2.19. The number of benzene rings is 1. The molecule has 134 valence electrons. The zero-order chi connectivity index (χ0) is 17.8. The van der Waals surface area contributed by atoms with E-state index < -0.39 is 6.10 Å². The minimum atomic E-state index is -0.547. The summed E-state index contributed by atoms with van der Waals surface area (Å²) in [5, 5.41) is 22.1. The lowest BCUT2D eigenvalue weighted by atomic mass is 10.1. The Balaban J connectivity index is 1.41. The smallest absolute Gasteiger partial charge is 0.113 e. The van der Waals surface area contributed by atoms with Gasteiger partial charge in [0.2, 0.25) is 0 Å². The van der Waals surface area contributed by atoms with Crippen LogP contribution in [0.15, 0.2) is 61.1 Å². The Bertz CT molecular complexity index is 824. The van der Waals surface area contributed by atoms with Crippen LogP contribution in [-0.4, -0.2) is 49.9 Å². The van der Waals surface area contributed by atoms with Gasteiger partial charge in [-0.1, -0.05) is 41.6 Å². The van der Waals surface area contributed by atoms with E-state index >= 15 is 0 Å². The van der Waals surface area contributed by atoms with Gasteiger partial charge in [0.05, 0.1) is 37.6 Å². The van der Waals surface area contributed by atoms with E-state index in [1.54, 1.807) is 10.9 Å². The van der Waals surface area contributed by atoms with Crippen molar-refractivity contribution in [1.82, 2.24) is 25.3 Å². The first-order valence-corrected chi connectivity index (χ1v) is 8.67. The van der Waals surface area contributed by atoms with Crippen LogP contribution in [0.2, 0.25) is 0 Å².